The Kier molecular flexibility index (Phi) is 7.54. The van der Waals surface area contributed by atoms with Crippen LogP contribution in [-0.2, 0) is 4.79 Å². The van der Waals surface area contributed by atoms with E-state index in [9.17, 15) is 18.0 Å². The molecule has 1 aliphatic rings. The van der Waals surface area contributed by atoms with Crippen molar-refractivity contribution in [3.05, 3.63) is 29.6 Å². The van der Waals surface area contributed by atoms with Crippen molar-refractivity contribution >= 4 is 41.5 Å². The molecule has 0 bridgehead atoms. The third-order valence-corrected chi connectivity index (χ3v) is 5.16. The molecule has 0 unspecified atom stereocenters. The van der Waals surface area contributed by atoms with Crippen molar-refractivity contribution in [2.45, 2.75) is 40.2 Å². The minimum Gasteiger partial charge on any atom is -0.356 e. The number of rotatable bonds is 4. The van der Waals surface area contributed by atoms with E-state index in [0.29, 0.717) is 12.5 Å². The molecule has 1 aromatic rings. The van der Waals surface area contributed by atoms with Crippen molar-refractivity contribution in [2.24, 2.45) is 10.4 Å². The number of nitrogens with zero attached hydrogens (tertiary/aromatic N) is 2. The van der Waals surface area contributed by atoms with Crippen LogP contribution in [0.5, 0.6) is 0 Å². The van der Waals surface area contributed by atoms with Crippen molar-refractivity contribution in [1.29, 1.82) is 0 Å². The zero-order chi connectivity index (χ0) is 19.7. The molecule has 0 saturated carbocycles. The van der Waals surface area contributed by atoms with Crippen molar-refractivity contribution in [2.75, 3.05) is 25.0 Å². The summed E-state index contributed by atoms with van der Waals surface area (Å²) in [7, 11) is 0. The van der Waals surface area contributed by atoms with Crippen molar-refractivity contribution < 1.29 is 18.0 Å². The van der Waals surface area contributed by atoms with Gasteiger partial charge in [-0.1, -0.05) is 13.8 Å². The molecule has 5 nitrogen and oxygen atoms in total. The number of benzene rings is 1. The van der Waals surface area contributed by atoms with Gasteiger partial charge in [-0.2, -0.15) is 0 Å². The van der Waals surface area contributed by atoms with Crippen LogP contribution in [0, 0.1) is 22.9 Å². The number of carbonyl (C=O) groups excluding carboxylic acids is 1. The number of anilines is 1. The molecule has 9 heteroatoms. The Balaban J connectivity index is 0.00000364. The summed E-state index contributed by atoms with van der Waals surface area (Å²) in [6.07, 6.45) is 0. The van der Waals surface area contributed by atoms with E-state index in [1.165, 1.54) is 0 Å². The topological polar surface area (TPSA) is 56.7 Å². The first kappa shape index (κ1) is 23.5. The molecule has 0 spiro atoms. The molecule has 27 heavy (non-hydrogen) atoms. The first-order valence-electron chi connectivity index (χ1n) is 8.50. The van der Waals surface area contributed by atoms with E-state index in [4.69, 9.17) is 0 Å². The molecular weight excluding hydrogens is 472 g/mol. The van der Waals surface area contributed by atoms with Gasteiger partial charge in [0.25, 0.3) is 0 Å². The van der Waals surface area contributed by atoms with Crippen LogP contribution in [-0.4, -0.2) is 41.9 Å². The van der Waals surface area contributed by atoms with Crippen LogP contribution < -0.4 is 10.6 Å². The maximum atomic E-state index is 13.6. The number of likely N-dealkylation sites (tertiary alicyclic amines) is 1. The number of nitrogens with one attached hydrogen (secondary N) is 2. The monoisotopic (exact) mass is 498 g/mol. The van der Waals surface area contributed by atoms with Crippen molar-refractivity contribution in [1.82, 2.24) is 10.2 Å². The van der Waals surface area contributed by atoms with Gasteiger partial charge in [-0.25, -0.2) is 18.2 Å². The van der Waals surface area contributed by atoms with E-state index in [1.54, 1.807) is 0 Å². The Labute approximate surface area is 174 Å². The zero-order valence-electron chi connectivity index (χ0n) is 16.1. The highest BCUT2D eigenvalue weighted by Gasteiger charge is 2.53. The van der Waals surface area contributed by atoms with Crippen LogP contribution in [0.2, 0.25) is 0 Å². The van der Waals surface area contributed by atoms with Gasteiger partial charge in [0.2, 0.25) is 5.91 Å². The van der Waals surface area contributed by atoms with Gasteiger partial charge in [0.05, 0.1) is 5.69 Å². The number of guanidine groups is 1. The normalized spacial score (nSPS) is 17.6. The average molecular weight is 498 g/mol. The van der Waals surface area contributed by atoms with E-state index in [-0.39, 0.29) is 41.5 Å². The lowest BCUT2D eigenvalue weighted by atomic mass is 9.65. The summed E-state index contributed by atoms with van der Waals surface area (Å²) < 4.78 is 39.8. The minimum atomic E-state index is -1.62. The number of halogens is 4. The summed E-state index contributed by atoms with van der Waals surface area (Å²) in [6, 6.07) is 1.73. The van der Waals surface area contributed by atoms with Crippen molar-refractivity contribution in [3.63, 3.8) is 0 Å². The first-order chi connectivity index (χ1) is 12.0. The van der Waals surface area contributed by atoms with Gasteiger partial charge in [0.1, 0.15) is 6.54 Å². The number of amides is 1. The Morgan fingerprint density at radius 3 is 2.33 bits per heavy atom. The average Bonchev–Trinajstić information content (AvgIpc) is 2.57. The smallest absolute Gasteiger partial charge is 0.246 e. The first-order valence-corrected chi connectivity index (χ1v) is 8.50. The summed E-state index contributed by atoms with van der Waals surface area (Å²) in [4.78, 5) is 18.4. The third-order valence-electron chi connectivity index (χ3n) is 5.16. The second-order valence-corrected chi connectivity index (χ2v) is 7.47. The van der Waals surface area contributed by atoms with E-state index in [0.717, 1.165) is 18.7 Å². The number of carbonyl (C=O) groups is 1. The standard InChI is InChI=1S/C18H25F3N4O.HI/c1-6-22-16(25-10-17(2,3)18(25,4)5)23-9-13(26)24-12-8-7-11(19)14(20)15(12)21;/h7-8H,6,9-10H2,1-5H3,(H,22,23)(H,24,26);1H. The second kappa shape index (κ2) is 8.66. The number of aliphatic imine (C=N–C) groups is 1. The summed E-state index contributed by atoms with van der Waals surface area (Å²) in [5.41, 5.74) is -0.462. The van der Waals surface area contributed by atoms with Gasteiger partial charge in [-0.15, -0.1) is 24.0 Å². The molecule has 1 amide bonds. The van der Waals surface area contributed by atoms with E-state index >= 15 is 0 Å². The molecule has 0 aromatic heterocycles. The molecule has 1 heterocycles. The Morgan fingerprint density at radius 1 is 1.19 bits per heavy atom. The molecule has 1 saturated heterocycles. The molecule has 2 N–H and O–H groups in total. The lowest BCUT2D eigenvalue weighted by molar-refractivity contribution is -0.115. The molecule has 1 aromatic carbocycles. The molecule has 1 aliphatic heterocycles. The summed E-state index contributed by atoms with van der Waals surface area (Å²) in [5, 5.41) is 5.35. The highest BCUT2D eigenvalue weighted by atomic mass is 127. The summed E-state index contributed by atoms with van der Waals surface area (Å²) in [6.45, 7) is 11.6. The number of hydrogen-bond donors (Lipinski definition) is 2. The second-order valence-electron chi connectivity index (χ2n) is 7.47. The molecule has 1 fully saturated rings. The Hall–Kier alpha value is -1.52. The van der Waals surface area contributed by atoms with Crippen LogP contribution in [0.15, 0.2) is 17.1 Å². The maximum absolute atomic E-state index is 13.6. The van der Waals surface area contributed by atoms with Crippen LogP contribution in [0.1, 0.15) is 34.6 Å². The highest BCUT2D eigenvalue weighted by Crippen LogP contribution is 2.46. The van der Waals surface area contributed by atoms with Crippen LogP contribution in [0.3, 0.4) is 0 Å². The van der Waals surface area contributed by atoms with E-state index in [2.05, 4.69) is 48.2 Å². The van der Waals surface area contributed by atoms with Crippen LogP contribution >= 0.6 is 24.0 Å². The van der Waals surface area contributed by atoms with Crippen LogP contribution in [0.25, 0.3) is 0 Å². The largest absolute Gasteiger partial charge is 0.356 e. The zero-order valence-corrected chi connectivity index (χ0v) is 18.5. The fourth-order valence-electron chi connectivity index (χ4n) is 2.75. The van der Waals surface area contributed by atoms with E-state index in [1.807, 2.05) is 6.92 Å². The highest BCUT2D eigenvalue weighted by molar-refractivity contribution is 14.0. The molecule has 152 valence electrons. The number of hydrogen-bond acceptors (Lipinski definition) is 2. The predicted octanol–water partition coefficient (Wildman–Crippen LogP) is 3.75. The molecule has 2 rings (SSSR count). The van der Waals surface area contributed by atoms with Crippen LogP contribution in [0.4, 0.5) is 18.9 Å². The lowest BCUT2D eigenvalue weighted by Crippen LogP contribution is -2.72. The van der Waals surface area contributed by atoms with Gasteiger partial charge in [0, 0.05) is 24.0 Å². The summed E-state index contributed by atoms with van der Waals surface area (Å²) >= 11 is 0. The van der Waals surface area contributed by atoms with Gasteiger partial charge in [-0.3, -0.25) is 4.79 Å². The molecule has 0 radical (unpaired) electrons. The van der Waals surface area contributed by atoms with Crippen molar-refractivity contribution in [3.8, 4) is 0 Å². The Morgan fingerprint density at radius 2 is 1.81 bits per heavy atom. The fraction of sp³-hybridized carbons (Fsp3) is 0.556. The summed E-state index contributed by atoms with van der Waals surface area (Å²) in [5.74, 6) is -4.40. The SMILES string of the molecule is CCNC(=NCC(=O)Nc1ccc(F)c(F)c1F)N1CC(C)(C)C1(C)C.I. The predicted molar refractivity (Wildman–Crippen MR) is 111 cm³/mol. The van der Waals surface area contributed by atoms with Gasteiger partial charge < -0.3 is 15.5 Å². The molecule has 0 aliphatic carbocycles. The Bertz CT molecular complexity index is 738. The van der Waals surface area contributed by atoms with Gasteiger partial charge >= 0.3 is 0 Å². The maximum Gasteiger partial charge on any atom is 0.246 e. The quantitative estimate of drug-likeness (QED) is 0.288. The lowest BCUT2D eigenvalue weighted by Gasteiger charge is -2.62. The fourth-order valence-corrected chi connectivity index (χ4v) is 2.75. The van der Waals surface area contributed by atoms with E-state index < -0.39 is 29.0 Å². The third kappa shape index (κ3) is 4.67. The minimum absolute atomic E-state index is 0. The molecular formula is C18H26F3IN4O. The molecule has 0 atom stereocenters. The van der Waals surface area contributed by atoms with Gasteiger partial charge in [0.15, 0.2) is 23.4 Å². The van der Waals surface area contributed by atoms with Gasteiger partial charge in [-0.05, 0) is 32.9 Å².